The first-order chi connectivity index (χ1) is 9.83. The van der Waals surface area contributed by atoms with Gasteiger partial charge in [-0.1, -0.05) is 25.7 Å². The molecule has 1 atom stereocenters. The van der Waals surface area contributed by atoms with Crippen LogP contribution in [-0.2, 0) is 11.3 Å². The molecule has 20 heavy (non-hydrogen) atoms. The third-order valence-electron chi connectivity index (χ3n) is 4.90. The van der Waals surface area contributed by atoms with Crippen LogP contribution in [0.5, 0.6) is 0 Å². The second kappa shape index (κ2) is 6.42. The molecular weight excluding hydrogens is 250 g/mol. The highest BCUT2D eigenvalue weighted by molar-refractivity contribution is 5.76. The van der Waals surface area contributed by atoms with Gasteiger partial charge >= 0.3 is 0 Å². The summed E-state index contributed by atoms with van der Waals surface area (Å²) in [5.41, 5.74) is 0. The van der Waals surface area contributed by atoms with Crippen LogP contribution in [0.2, 0.25) is 0 Å². The summed E-state index contributed by atoms with van der Waals surface area (Å²) in [6.07, 6.45) is 13.3. The highest BCUT2D eigenvalue weighted by Gasteiger charge is 2.29. The van der Waals surface area contributed by atoms with Crippen molar-refractivity contribution in [2.24, 2.45) is 5.92 Å². The molecule has 1 saturated heterocycles. The minimum absolute atomic E-state index is 0.353. The van der Waals surface area contributed by atoms with Gasteiger partial charge in [0.25, 0.3) is 0 Å². The highest BCUT2D eigenvalue weighted by atomic mass is 16.2. The van der Waals surface area contributed by atoms with Crippen molar-refractivity contribution in [1.29, 1.82) is 0 Å². The van der Waals surface area contributed by atoms with Gasteiger partial charge in [-0.05, 0) is 31.2 Å². The number of likely N-dealkylation sites (tertiary alicyclic amines) is 1. The van der Waals surface area contributed by atoms with Crippen LogP contribution in [0.1, 0.15) is 51.4 Å². The van der Waals surface area contributed by atoms with E-state index >= 15 is 0 Å². The predicted molar refractivity (Wildman–Crippen MR) is 78.2 cm³/mol. The summed E-state index contributed by atoms with van der Waals surface area (Å²) in [4.78, 5) is 14.5. The maximum atomic E-state index is 12.4. The maximum Gasteiger partial charge on any atom is 0.222 e. The maximum absolute atomic E-state index is 12.4. The summed E-state index contributed by atoms with van der Waals surface area (Å²) in [7, 11) is 0. The summed E-state index contributed by atoms with van der Waals surface area (Å²) in [6, 6.07) is 2.30. The standard InChI is InChI=1S/C16H25N3O/c20-16(9-8-14-5-1-2-6-14)19-12-3-7-15(19)13-18-11-4-10-17-18/h4,10-11,14-15H,1-3,5-9,12-13H2/t15-/m1/s1. The van der Waals surface area contributed by atoms with Gasteiger partial charge in [-0.3, -0.25) is 9.48 Å². The zero-order valence-corrected chi connectivity index (χ0v) is 12.2. The molecule has 4 nitrogen and oxygen atoms in total. The monoisotopic (exact) mass is 275 g/mol. The van der Waals surface area contributed by atoms with Crippen molar-refractivity contribution in [2.45, 2.75) is 64.0 Å². The zero-order chi connectivity index (χ0) is 13.8. The minimum atomic E-state index is 0.353. The van der Waals surface area contributed by atoms with Crippen molar-refractivity contribution < 1.29 is 4.79 Å². The molecule has 110 valence electrons. The number of hydrogen-bond donors (Lipinski definition) is 0. The largest absolute Gasteiger partial charge is 0.338 e. The van der Waals surface area contributed by atoms with E-state index in [1.54, 1.807) is 6.20 Å². The molecular formula is C16H25N3O. The van der Waals surface area contributed by atoms with E-state index < -0.39 is 0 Å². The van der Waals surface area contributed by atoms with E-state index in [1.807, 2.05) is 16.9 Å². The third-order valence-corrected chi connectivity index (χ3v) is 4.90. The molecule has 3 rings (SSSR count). The topological polar surface area (TPSA) is 38.1 Å². The van der Waals surface area contributed by atoms with Gasteiger partial charge in [0.05, 0.1) is 12.6 Å². The van der Waals surface area contributed by atoms with Gasteiger partial charge in [-0.2, -0.15) is 5.10 Å². The van der Waals surface area contributed by atoms with Crippen molar-refractivity contribution in [1.82, 2.24) is 14.7 Å². The van der Waals surface area contributed by atoms with E-state index in [0.29, 0.717) is 11.9 Å². The van der Waals surface area contributed by atoms with Crippen LogP contribution < -0.4 is 0 Å². The number of carbonyl (C=O) groups is 1. The number of amides is 1. The first kappa shape index (κ1) is 13.7. The molecule has 1 aliphatic heterocycles. The fourth-order valence-corrected chi connectivity index (χ4v) is 3.75. The van der Waals surface area contributed by atoms with Crippen molar-refractivity contribution >= 4 is 5.91 Å². The van der Waals surface area contributed by atoms with Crippen molar-refractivity contribution in [2.75, 3.05) is 6.54 Å². The van der Waals surface area contributed by atoms with Crippen LogP contribution in [0.3, 0.4) is 0 Å². The molecule has 1 amide bonds. The molecule has 0 radical (unpaired) electrons. The molecule has 1 aliphatic carbocycles. The molecule has 1 aromatic rings. The average molecular weight is 275 g/mol. The van der Waals surface area contributed by atoms with Gasteiger partial charge in [0.15, 0.2) is 0 Å². The Morgan fingerprint density at radius 2 is 2.05 bits per heavy atom. The van der Waals surface area contributed by atoms with Gasteiger partial charge in [0.1, 0.15) is 0 Å². The van der Waals surface area contributed by atoms with E-state index in [9.17, 15) is 4.79 Å². The molecule has 2 aliphatic rings. The Bertz CT molecular complexity index is 423. The number of aromatic nitrogens is 2. The molecule has 2 heterocycles. The fraction of sp³-hybridized carbons (Fsp3) is 0.750. The number of carbonyl (C=O) groups excluding carboxylic acids is 1. The molecule has 0 bridgehead atoms. The van der Waals surface area contributed by atoms with Crippen molar-refractivity contribution in [3.63, 3.8) is 0 Å². The first-order valence-electron chi connectivity index (χ1n) is 8.10. The van der Waals surface area contributed by atoms with Gasteiger partial charge in [-0.25, -0.2) is 0 Å². The van der Waals surface area contributed by atoms with Crippen LogP contribution in [0, 0.1) is 5.92 Å². The van der Waals surface area contributed by atoms with E-state index in [0.717, 1.165) is 44.7 Å². The van der Waals surface area contributed by atoms with Crippen molar-refractivity contribution in [3.8, 4) is 0 Å². The van der Waals surface area contributed by atoms with Crippen LogP contribution in [0.15, 0.2) is 18.5 Å². The molecule has 4 heteroatoms. The molecule has 2 fully saturated rings. The Morgan fingerprint density at radius 1 is 1.20 bits per heavy atom. The Balaban J connectivity index is 1.50. The van der Waals surface area contributed by atoms with E-state index in [2.05, 4.69) is 10.00 Å². The van der Waals surface area contributed by atoms with Gasteiger partial charge in [0.2, 0.25) is 5.91 Å². The van der Waals surface area contributed by atoms with Gasteiger partial charge < -0.3 is 4.90 Å². The molecule has 0 spiro atoms. The Morgan fingerprint density at radius 3 is 2.80 bits per heavy atom. The molecule has 0 N–H and O–H groups in total. The van der Waals surface area contributed by atoms with E-state index in [-0.39, 0.29) is 0 Å². The predicted octanol–water partition coefficient (Wildman–Crippen LogP) is 2.84. The SMILES string of the molecule is O=C(CCC1CCCC1)N1CCC[C@@H]1Cn1cccn1. The zero-order valence-electron chi connectivity index (χ0n) is 12.2. The fourth-order valence-electron chi connectivity index (χ4n) is 3.75. The quantitative estimate of drug-likeness (QED) is 0.828. The lowest BCUT2D eigenvalue weighted by Crippen LogP contribution is -2.38. The Hall–Kier alpha value is -1.32. The second-order valence-corrected chi connectivity index (χ2v) is 6.30. The normalized spacial score (nSPS) is 23.6. The number of nitrogens with zero attached hydrogens (tertiary/aromatic N) is 3. The minimum Gasteiger partial charge on any atom is -0.338 e. The first-order valence-corrected chi connectivity index (χ1v) is 8.10. The van der Waals surface area contributed by atoms with Crippen molar-refractivity contribution in [3.05, 3.63) is 18.5 Å². The van der Waals surface area contributed by atoms with Gasteiger partial charge in [-0.15, -0.1) is 0 Å². The highest BCUT2D eigenvalue weighted by Crippen LogP contribution is 2.29. The Kier molecular flexibility index (Phi) is 4.38. The lowest BCUT2D eigenvalue weighted by atomic mass is 10.0. The molecule has 1 saturated carbocycles. The summed E-state index contributed by atoms with van der Waals surface area (Å²) in [5, 5.41) is 4.26. The summed E-state index contributed by atoms with van der Waals surface area (Å²) in [5.74, 6) is 1.18. The molecule has 1 aromatic heterocycles. The van der Waals surface area contributed by atoms with Crippen LogP contribution in [0.4, 0.5) is 0 Å². The van der Waals surface area contributed by atoms with Gasteiger partial charge in [0, 0.05) is 25.4 Å². The van der Waals surface area contributed by atoms with Crippen LogP contribution in [0.25, 0.3) is 0 Å². The molecule has 0 aromatic carbocycles. The average Bonchev–Trinajstić information content (AvgIpc) is 3.19. The smallest absolute Gasteiger partial charge is 0.222 e. The van der Waals surface area contributed by atoms with E-state index in [1.165, 1.54) is 25.7 Å². The number of hydrogen-bond acceptors (Lipinski definition) is 2. The lowest BCUT2D eigenvalue weighted by Gasteiger charge is -2.25. The molecule has 0 unspecified atom stereocenters. The summed E-state index contributed by atoms with van der Waals surface area (Å²) in [6.45, 7) is 1.79. The summed E-state index contributed by atoms with van der Waals surface area (Å²) >= 11 is 0. The second-order valence-electron chi connectivity index (χ2n) is 6.30. The van der Waals surface area contributed by atoms with Crippen LogP contribution >= 0.6 is 0 Å². The van der Waals surface area contributed by atoms with E-state index in [4.69, 9.17) is 0 Å². The lowest BCUT2D eigenvalue weighted by molar-refractivity contribution is -0.132. The third kappa shape index (κ3) is 3.22. The Labute approximate surface area is 121 Å². The summed E-state index contributed by atoms with van der Waals surface area (Å²) < 4.78 is 1.95. The van der Waals surface area contributed by atoms with Crippen LogP contribution in [-0.4, -0.2) is 33.2 Å². The number of rotatable bonds is 5.